The molecule has 13 heteroatoms. The summed E-state index contributed by atoms with van der Waals surface area (Å²) < 4.78 is 5.39. The van der Waals surface area contributed by atoms with Gasteiger partial charge >= 0.3 is 5.97 Å². The fraction of sp³-hybridized carbons (Fsp3) is 0.574. The lowest BCUT2D eigenvalue weighted by Crippen LogP contribution is -2.61. The van der Waals surface area contributed by atoms with Crippen LogP contribution in [0.2, 0.25) is 0 Å². The van der Waals surface area contributed by atoms with Crippen molar-refractivity contribution < 1.29 is 34.1 Å². The number of ether oxygens (including phenoxy) is 1. The van der Waals surface area contributed by atoms with Crippen LogP contribution in [0.25, 0.3) is 0 Å². The highest BCUT2D eigenvalue weighted by Crippen LogP contribution is 2.67. The zero-order valence-electron chi connectivity index (χ0n) is 35.8. The van der Waals surface area contributed by atoms with Gasteiger partial charge in [0.1, 0.15) is 5.60 Å². The quantitative estimate of drug-likeness (QED) is 0.0679. The number of esters is 1. The molecule has 0 radical (unpaired) electrons. The summed E-state index contributed by atoms with van der Waals surface area (Å²) in [5.74, 6) is 0.141. The van der Waals surface area contributed by atoms with Gasteiger partial charge in [-0.3, -0.25) is 30.0 Å². The van der Waals surface area contributed by atoms with Crippen LogP contribution in [-0.4, -0.2) is 89.9 Å². The van der Waals surface area contributed by atoms with Crippen LogP contribution in [0, 0.1) is 28.6 Å². The van der Waals surface area contributed by atoms with E-state index in [4.69, 9.17) is 27.9 Å². The van der Waals surface area contributed by atoms with E-state index < -0.39 is 40.9 Å². The van der Waals surface area contributed by atoms with Crippen LogP contribution in [0.5, 0.6) is 0 Å². The monoisotopic (exact) mass is 866 g/mol. The molecule has 0 saturated heterocycles. The number of hydrazine groups is 1. The molecule has 7 atom stereocenters. The topological polar surface area (TPSA) is 157 Å². The molecule has 0 aliphatic heterocycles. The molecule has 3 saturated carbocycles. The Balaban J connectivity index is 0.000000359. The minimum absolute atomic E-state index is 0.0103. The average Bonchev–Trinajstić information content (AvgIpc) is 3.49. The minimum atomic E-state index is -1.66. The molecule has 60 heavy (non-hydrogen) atoms. The van der Waals surface area contributed by atoms with Crippen LogP contribution in [-0.2, 0) is 32.1 Å². The second kappa shape index (κ2) is 21.0. The number of aliphatic hydroxyl groups excluding tert-OH is 1. The van der Waals surface area contributed by atoms with Crippen LogP contribution in [0.1, 0.15) is 94.1 Å². The van der Waals surface area contributed by atoms with Gasteiger partial charge in [0.25, 0.3) is 5.91 Å². The first kappa shape index (κ1) is 47.5. The first-order valence-corrected chi connectivity index (χ1v) is 22.5. The first-order chi connectivity index (χ1) is 28.6. The molecule has 328 valence electrons. The van der Waals surface area contributed by atoms with Crippen molar-refractivity contribution in [1.82, 2.24) is 16.2 Å². The number of carbonyl (C=O) groups excluding carboxylic acids is 4. The molecule has 11 nitrogen and oxygen atoms in total. The number of halogens is 2. The lowest BCUT2D eigenvalue weighted by Gasteiger charge is -2.59. The van der Waals surface area contributed by atoms with Gasteiger partial charge in [-0.15, -0.1) is 23.2 Å². The summed E-state index contributed by atoms with van der Waals surface area (Å²) in [7, 11) is 1.82. The van der Waals surface area contributed by atoms with Crippen LogP contribution in [0.4, 0.5) is 5.69 Å². The van der Waals surface area contributed by atoms with Gasteiger partial charge in [-0.1, -0.05) is 49.8 Å². The molecule has 3 fully saturated rings. The molecule has 1 amide bonds. The number of carbonyl (C=O) groups is 4. The normalized spacial score (nSPS) is 27.8. The number of aliphatic hydroxyl groups is 2. The Kier molecular flexibility index (Phi) is 16.6. The zero-order chi connectivity index (χ0) is 43.7. The van der Waals surface area contributed by atoms with Gasteiger partial charge in [0, 0.05) is 71.9 Å². The SMILES string of the molecule is CNNCc1ccc(C(=O)NC(C)C)cc1.C[C@]12C=CC(=O)C=C1CC[C@@H]1[C@@H]2[C@@H](O)C[C@@]2(C)[C@H]1CC[C@]2(O)C(=O)COC(=O)CCCc1ccc(N(CCCl)CCCl)cc1. The molecule has 2 aromatic carbocycles. The second-order valence-corrected chi connectivity index (χ2v) is 18.3. The first-order valence-electron chi connectivity index (χ1n) is 21.4. The number of fused-ring (bicyclic) bond motifs is 5. The summed E-state index contributed by atoms with van der Waals surface area (Å²) in [5.41, 5.74) is 8.00. The Morgan fingerprint density at radius 3 is 2.28 bits per heavy atom. The molecule has 0 aromatic heterocycles. The number of Topliss-reactive ketones (excluding diaryl/α,β-unsaturated/α-hetero) is 1. The lowest BCUT2D eigenvalue weighted by molar-refractivity contribution is -0.181. The van der Waals surface area contributed by atoms with E-state index in [1.54, 1.807) is 12.2 Å². The van der Waals surface area contributed by atoms with E-state index in [0.29, 0.717) is 49.7 Å². The average molecular weight is 868 g/mol. The molecule has 0 heterocycles. The number of benzene rings is 2. The summed E-state index contributed by atoms with van der Waals surface area (Å²) in [6.45, 7) is 9.62. The lowest BCUT2D eigenvalue weighted by atomic mass is 9.46. The van der Waals surface area contributed by atoms with Crippen molar-refractivity contribution in [2.24, 2.45) is 28.6 Å². The third-order valence-corrected chi connectivity index (χ3v) is 13.8. The smallest absolute Gasteiger partial charge is 0.306 e. The van der Waals surface area contributed by atoms with E-state index in [0.717, 1.165) is 41.8 Å². The standard InChI is InChI=1S/C35H45Cl2NO6.C12H19N3O/c1-33-14-12-26(39)20-24(33)8-11-27-28-13-15-35(43,34(28,2)21-29(40)32(27)33)30(41)22-44-31(42)5-3-4-23-6-9-25(10-7-23)38(18-16-36)19-17-37;1-9(2)15-12(16)11-6-4-10(5-7-11)8-14-13-3/h6-7,9-10,12,14,20,27-29,32,40,43H,3-5,8,11,13,15-19,21-22H2,1-2H3;4-7,9,13-14H,8H2,1-3H3,(H,15,16)/t27-,28-,29-,32+,33-,34-,35-;/m0./s1. The summed E-state index contributed by atoms with van der Waals surface area (Å²) in [5, 5.41) is 26.3. The van der Waals surface area contributed by atoms with Gasteiger partial charge in [-0.05, 0) is 125 Å². The molecule has 5 N–H and O–H groups in total. The van der Waals surface area contributed by atoms with Crippen molar-refractivity contribution in [2.75, 3.05) is 43.4 Å². The van der Waals surface area contributed by atoms with E-state index in [1.807, 2.05) is 82.4 Å². The number of nitrogens with zero attached hydrogens (tertiary/aromatic N) is 1. The number of allylic oxidation sites excluding steroid dienone is 4. The number of hydrogen-bond donors (Lipinski definition) is 5. The summed E-state index contributed by atoms with van der Waals surface area (Å²) in [4.78, 5) is 51.9. The van der Waals surface area contributed by atoms with Crippen molar-refractivity contribution >= 4 is 52.3 Å². The summed E-state index contributed by atoms with van der Waals surface area (Å²) >= 11 is 11.8. The number of amides is 1. The van der Waals surface area contributed by atoms with E-state index in [-0.39, 0.29) is 54.7 Å². The maximum atomic E-state index is 13.5. The summed E-state index contributed by atoms with van der Waals surface area (Å²) in [6, 6.07) is 15.9. The zero-order valence-corrected chi connectivity index (χ0v) is 37.3. The predicted molar refractivity (Wildman–Crippen MR) is 237 cm³/mol. The van der Waals surface area contributed by atoms with Crippen molar-refractivity contribution in [3.63, 3.8) is 0 Å². The number of anilines is 1. The van der Waals surface area contributed by atoms with Crippen molar-refractivity contribution in [2.45, 2.75) is 103 Å². The van der Waals surface area contributed by atoms with Crippen LogP contribution >= 0.6 is 23.2 Å². The highest BCUT2D eigenvalue weighted by molar-refractivity contribution is 6.18. The van der Waals surface area contributed by atoms with Gasteiger partial charge < -0.3 is 25.2 Å². The van der Waals surface area contributed by atoms with E-state index in [9.17, 15) is 29.4 Å². The van der Waals surface area contributed by atoms with Crippen molar-refractivity contribution in [3.05, 3.63) is 89.0 Å². The third kappa shape index (κ3) is 10.7. The number of alkyl halides is 2. The Bertz CT molecular complexity index is 1870. The largest absolute Gasteiger partial charge is 0.458 e. The van der Waals surface area contributed by atoms with Gasteiger partial charge in [0.2, 0.25) is 5.78 Å². The second-order valence-electron chi connectivity index (χ2n) is 17.5. The molecular weight excluding hydrogens is 803 g/mol. The van der Waals surface area contributed by atoms with Crippen molar-refractivity contribution in [1.29, 1.82) is 0 Å². The molecule has 0 bridgehead atoms. The van der Waals surface area contributed by atoms with E-state index in [1.165, 1.54) is 0 Å². The van der Waals surface area contributed by atoms with Crippen LogP contribution in [0.15, 0.2) is 72.3 Å². The summed E-state index contributed by atoms with van der Waals surface area (Å²) in [6.07, 6.45) is 8.81. The van der Waals surface area contributed by atoms with Gasteiger partial charge in [-0.25, -0.2) is 0 Å². The van der Waals surface area contributed by atoms with Gasteiger partial charge in [-0.2, -0.15) is 0 Å². The van der Waals surface area contributed by atoms with Crippen molar-refractivity contribution in [3.8, 4) is 0 Å². The maximum Gasteiger partial charge on any atom is 0.306 e. The predicted octanol–water partition coefficient (Wildman–Crippen LogP) is 6.46. The fourth-order valence-electron chi connectivity index (χ4n) is 10.3. The van der Waals surface area contributed by atoms with E-state index >= 15 is 0 Å². The molecule has 6 rings (SSSR count). The van der Waals surface area contributed by atoms with E-state index in [2.05, 4.69) is 28.0 Å². The molecule has 0 spiro atoms. The Morgan fingerprint density at radius 1 is 0.983 bits per heavy atom. The number of nitrogens with one attached hydrogen (secondary N) is 3. The number of rotatable bonds is 17. The Hall–Kier alpha value is -3.58. The van der Waals surface area contributed by atoms with Gasteiger partial charge in [0.05, 0.1) is 6.10 Å². The van der Waals surface area contributed by atoms with Crippen LogP contribution < -0.4 is 21.1 Å². The minimum Gasteiger partial charge on any atom is -0.458 e. The molecule has 2 aromatic rings. The highest BCUT2D eigenvalue weighted by Gasteiger charge is 2.68. The maximum absolute atomic E-state index is 13.5. The fourth-order valence-corrected chi connectivity index (χ4v) is 10.7. The number of ketones is 2. The number of hydrogen-bond acceptors (Lipinski definition) is 10. The highest BCUT2D eigenvalue weighted by atomic mass is 35.5. The Morgan fingerprint density at radius 2 is 1.65 bits per heavy atom. The Labute approximate surface area is 365 Å². The molecule has 4 aliphatic rings. The molecule has 4 aliphatic carbocycles. The third-order valence-electron chi connectivity index (χ3n) is 13.4. The number of aryl methyl sites for hydroxylation is 1. The molecule has 0 unspecified atom stereocenters. The van der Waals surface area contributed by atoms with Gasteiger partial charge in [0.15, 0.2) is 12.4 Å². The van der Waals surface area contributed by atoms with Crippen LogP contribution in [0.3, 0.4) is 0 Å². The molecular formula is C47H64Cl2N4O7.